The fourth-order valence-electron chi connectivity index (χ4n) is 2.86. The molecule has 31 heavy (non-hydrogen) atoms. The number of benzene rings is 2. The lowest BCUT2D eigenvalue weighted by Crippen LogP contribution is -2.22. The van der Waals surface area contributed by atoms with Crippen molar-refractivity contribution in [3.05, 3.63) is 95.4 Å². The molecule has 2 aromatic carbocycles. The topological polar surface area (TPSA) is 106 Å². The molecule has 0 atom stereocenters. The minimum Gasteiger partial charge on any atom is -0.348 e. The summed E-state index contributed by atoms with van der Waals surface area (Å²) in [4.78, 5) is 16.3. The van der Waals surface area contributed by atoms with Crippen LogP contribution in [0, 0.1) is 0 Å². The van der Waals surface area contributed by atoms with Gasteiger partial charge in [0.15, 0.2) is 0 Å². The summed E-state index contributed by atoms with van der Waals surface area (Å²) in [5.74, 6) is -0.237. The van der Waals surface area contributed by atoms with Gasteiger partial charge in [0.1, 0.15) is 16.9 Å². The SMILES string of the molecule is O=C(NCc1ccc(Cn2cncn2)cc1)c1ccc(NS(=O)(=O)c2cccs2)cc1. The van der Waals surface area contributed by atoms with E-state index in [1.54, 1.807) is 46.7 Å². The van der Waals surface area contributed by atoms with E-state index < -0.39 is 10.0 Å². The maximum Gasteiger partial charge on any atom is 0.271 e. The molecule has 158 valence electrons. The fraction of sp³-hybridized carbons (Fsp3) is 0.0952. The average molecular weight is 454 g/mol. The van der Waals surface area contributed by atoms with Crippen LogP contribution in [0.2, 0.25) is 0 Å². The number of hydrogen-bond donors (Lipinski definition) is 2. The Morgan fingerprint density at radius 1 is 1.00 bits per heavy atom. The molecule has 4 aromatic rings. The van der Waals surface area contributed by atoms with E-state index in [9.17, 15) is 13.2 Å². The van der Waals surface area contributed by atoms with Gasteiger partial charge in [-0.15, -0.1) is 11.3 Å². The molecule has 10 heteroatoms. The molecule has 0 aliphatic carbocycles. The lowest BCUT2D eigenvalue weighted by molar-refractivity contribution is 0.0951. The van der Waals surface area contributed by atoms with Crippen molar-refractivity contribution in [2.45, 2.75) is 17.3 Å². The number of hydrogen-bond acceptors (Lipinski definition) is 6. The molecule has 0 saturated carbocycles. The van der Waals surface area contributed by atoms with Gasteiger partial charge in [0.25, 0.3) is 15.9 Å². The zero-order valence-corrected chi connectivity index (χ0v) is 17.9. The molecule has 2 aromatic heterocycles. The van der Waals surface area contributed by atoms with Crippen LogP contribution in [0.1, 0.15) is 21.5 Å². The first kappa shape index (κ1) is 20.8. The minimum atomic E-state index is -3.61. The number of carbonyl (C=O) groups excluding carboxylic acids is 1. The molecule has 0 bridgehead atoms. The number of aromatic nitrogens is 3. The summed E-state index contributed by atoms with van der Waals surface area (Å²) in [6.07, 6.45) is 3.15. The quantitative estimate of drug-likeness (QED) is 0.426. The number of amides is 1. The summed E-state index contributed by atoms with van der Waals surface area (Å²) in [6.45, 7) is 1.02. The highest BCUT2D eigenvalue weighted by atomic mass is 32.2. The molecule has 0 radical (unpaired) electrons. The zero-order valence-electron chi connectivity index (χ0n) is 16.3. The first-order valence-corrected chi connectivity index (χ1v) is 11.7. The van der Waals surface area contributed by atoms with E-state index in [1.807, 2.05) is 24.3 Å². The van der Waals surface area contributed by atoms with Gasteiger partial charge in [-0.25, -0.2) is 18.1 Å². The Bertz CT molecular complexity index is 1240. The van der Waals surface area contributed by atoms with E-state index in [0.29, 0.717) is 24.3 Å². The zero-order chi connectivity index (χ0) is 21.7. The van der Waals surface area contributed by atoms with E-state index in [-0.39, 0.29) is 10.1 Å². The summed E-state index contributed by atoms with van der Waals surface area (Å²) in [5, 5.41) is 8.64. The van der Waals surface area contributed by atoms with E-state index >= 15 is 0 Å². The number of sulfonamides is 1. The average Bonchev–Trinajstić information content (AvgIpc) is 3.48. The van der Waals surface area contributed by atoms with Crippen LogP contribution in [0.3, 0.4) is 0 Å². The lowest BCUT2D eigenvalue weighted by atomic mass is 10.1. The van der Waals surface area contributed by atoms with E-state index in [4.69, 9.17) is 0 Å². The van der Waals surface area contributed by atoms with Gasteiger partial charge in [0.2, 0.25) is 0 Å². The smallest absolute Gasteiger partial charge is 0.271 e. The van der Waals surface area contributed by atoms with Crippen LogP contribution in [-0.4, -0.2) is 29.1 Å². The Morgan fingerprint density at radius 2 is 1.74 bits per heavy atom. The highest BCUT2D eigenvalue weighted by molar-refractivity contribution is 7.94. The van der Waals surface area contributed by atoms with Gasteiger partial charge in [-0.05, 0) is 46.8 Å². The first-order chi connectivity index (χ1) is 15.0. The largest absolute Gasteiger partial charge is 0.348 e. The van der Waals surface area contributed by atoms with Crippen molar-refractivity contribution in [2.24, 2.45) is 0 Å². The summed E-state index contributed by atoms with van der Waals surface area (Å²) in [5.41, 5.74) is 2.90. The Balaban J connectivity index is 1.31. The molecule has 8 nitrogen and oxygen atoms in total. The van der Waals surface area contributed by atoms with Crippen LogP contribution >= 0.6 is 11.3 Å². The summed E-state index contributed by atoms with van der Waals surface area (Å²) < 4.78 is 29.0. The van der Waals surface area contributed by atoms with Gasteiger partial charge in [0, 0.05) is 17.8 Å². The highest BCUT2D eigenvalue weighted by Gasteiger charge is 2.15. The third-order valence-electron chi connectivity index (χ3n) is 4.45. The molecule has 0 saturated heterocycles. The normalized spacial score (nSPS) is 11.2. The van der Waals surface area contributed by atoms with Gasteiger partial charge in [-0.2, -0.15) is 5.10 Å². The van der Waals surface area contributed by atoms with Crippen molar-refractivity contribution in [3.8, 4) is 0 Å². The van der Waals surface area contributed by atoms with Gasteiger partial charge in [-0.1, -0.05) is 30.3 Å². The van der Waals surface area contributed by atoms with E-state index in [2.05, 4.69) is 20.1 Å². The molecule has 0 aliphatic rings. The Morgan fingerprint density at radius 3 is 2.39 bits per heavy atom. The highest BCUT2D eigenvalue weighted by Crippen LogP contribution is 2.20. The molecule has 0 spiro atoms. The van der Waals surface area contributed by atoms with Crippen LogP contribution in [0.5, 0.6) is 0 Å². The van der Waals surface area contributed by atoms with Crippen LogP contribution in [0.25, 0.3) is 0 Å². The van der Waals surface area contributed by atoms with Crippen LogP contribution < -0.4 is 10.0 Å². The van der Waals surface area contributed by atoms with E-state index in [0.717, 1.165) is 22.5 Å². The van der Waals surface area contributed by atoms with Gasteiger partial charge < -0.3 is 5.32 Å². The lowest BCUT2D eigenvalue weighted by Gasteiger charge is -2.09. The van der Waals surface area contributed by atoms with Crippen molar-refractivity contribution >= 4 is 33.0 Å². The second-order valence-electron chi connectivity index (χ2n) is 6.71. The maximum atomic E-state index is 12.4. The molecule has 0 unspecified atom stereocenters. The third-order valence-corrected chi connectivity index (χ3v) is 7.23. The number of nitrogens with zero attached hydrogens (tertiary/aromatic N) is 3. The molecule has 0 fully saturated rings. The monoisotopic (exact) mass is 453 g/mol. The van der Waals surface area contributed by atoms with Gasteiger partial charge in [0.05, 0.1) is 6.54 Å². The predicted octanol–water partition coefficient (Wildman–Crippen LogP) is 3.12. The van der Waals surface area contributed by atoms with Crippen LogP contribution in [0.15, 0.2) is 82.9 Å². The molecule has 4 rings (SSSR count). The molecule has 0 aliphatic heterocycles. The van der Waals surface area contributed by atoms with Crippen molar-refractivity contribution < 1.29 is 13.2 Å². The fourth-order valence-corrected chi connectivity index (χ4v) is 4.91. The van der Waals surface area contributed by atoms with Crippen molar-refractivity contribution in [2.75, 3.05) is 4.72 Å². The Kier molecular flexibility index (Phi) is 6.10. The third kappa shape index (κ3) is 5.36. The molecule has 1 amide bonds. The molecular weight excluding hydrogens is 434 g/mol. The summed E-state index contributed by atoms with van der Waals surface area (Å²) in [6, 6.07) is 17.4. The van der Waals surface area contributed by atoms with Gasteiger partial charge in [-0.3, -0.25) is 9.52 Å². The Hall–Kier alpha value is -3.50. The number of rotatable bonds is 8. The maximum absolute atomic E-state index is 12.4. The van der Waals surface area contributed by atoms with Crippen LogP contribution in [-0.2, 0) is 23.1 Å². The summed E-state index contributed by atoms with van der Waals surface area (Å²) >= 11 is 1.14. The Labute approximate surface area is 183 Å². The minimum absolute atomic E-state index is 0.237. The van der Waals surface area contributed by atoms with Crippen molar-refractivity contribution in [1.29, 1.82) is 0 Å². The van der Waals surface area contributed by atoms with Crippen LogP contribution in [0.4, 0.5) is 5.69 Å². The number of carbonyl (C=O) groups is 1. The van der Waals surface area contributed by atoms with Crippen molar-refractivity contribution in [3.63, 3.8) is 0 Å². The van der Waals surface area contributed by atoms with E-state index in [1.165, 1.54) is 12.4 Å². The predicted molar refractivity (Wildman–Crippen MR) is 118 cm³/mol. The second-order valence-corrected chi connectivity index (χ2v) is 9.56. The number of thiophene rings is 1. The van der Waals surface area contributed by atoms with Crippen molar-refractivity contribution in [1.82, 2.24) is 20.1 Å². The second kappa shape index (κ2) is 9.11. The summed E-state index contributed by atoms with van der Waals surface area (Å²) in [7, 11) is -3.61. The molecular formula is C21H19N5O3S2. The standard InChI is InChI=1S/C21H19N5O3S2/c27-21(23-12-16-3-5-17(6-4-16)13-26-15-22-14-24-26)18-7-9-19(10-8-18)25-31(28,29)20-2-1-11-30-20/h1-11,14-15,25H,12-13H2,(H,23,27). The number of anilines is 1. The van der Waals surface area contributed by atoms with Gasteiger partial charge >= 0.3 is 0 Å². The first-order valence-electron chi connectivity index (χ1n) is 9.34. The molecule has 2 N–H and O–H groups in total. The molecule has 2 heterocycles. The number of nitrogens with one attached hydrogen (secondary N) is 2.